The third-order valence-electron chi connectivity index (χ3n) is 4.24. The van der Waals surface area contributed by atoms with E-state index in [4.69, 9.17) is 0 Å². The van der Waals surface area contributed by atoms with Crippen molar-refractivity contribution in [3.8, 4) is 0 Å². The number of H-pyrrole nitrogens is 1. The fourth-order valence-electron chi connectivity index (χ4n) is 3.03. The van der Waals surface area contributed by atoms with Gasteiger partial charge in [0.2, 0.25) is 0 Å². The summed E-state index contributed by atoms with van der Waals surface area (Å²) in [5, 5.41) is 0. The predicted octanol–water partition coefficient (Wildman–Crippen LogP) is 2.77. The van der Waals surface area contributed by atoms with E-state index >= 15 is 0 Å². The minimum absolute atomic E-state index is 0.0748. The molecule has 1 atom stereocenters. The van der Waals surface area contributed by atoms with E-state index in [2.05, 4.69) is 16.9 Å². The van der Waals surface area contributed by atoms with E-state index < -0.39 is 0 Å². The van der Waals surface area contributed by atoms with Gasteiger partial charge in [0, 0.05) is 18.7 Å². The third-order valence-corrected chi connectivity index (χ3v) is 4.24. The summed E-state index contributed by atoms with van der Waals surface area (Å²) in [5.41, 5.74) is 1.10. The summed E-state index contributed by atoms with van der Waals surface area (Å²) in [6, 6.07) is 10.0. The van der Waals surface area contributed by atoms with Gasteiger partial charge < -0.3 is 0 Å². The monoisotopic (exact) mass is 311 g/mol. The highest BCUT2D eigenvalue weighted by Crippen LogP contribution is 2.30. The van der Waals surface area contributed by atoms with Gasteiger partial charge in [0.05, 0.1) is 5.56 Å². The van der Waals surface area contributed by atoms with Crippen LogP contribution in [0.15, 0.2) is 44.9 Å². The zero-order valence-corrected chi connectivity index (χ0v) is 13.3. The molecule has 0 bridgehead atoms. The molecule has 5 nitrogen and oxygen atoms in total. The van der Waals surface area contributed by atoms with Crippen molar-refractivity contribution in [1.29, 1.82) is 0 Å². The molecule has 0 amide bonds. The van der Waals surface area contributed by atoms with E-state index in [0.717, 1.165) is 24.8 Å². The minimum atomic E-state index is -0.359. The lowest BCUT2D eigenvalue weighted by Crippen LogP contribution is -2.32. The Labute approximate surface area is 134 Å². The van der Waals surface area contributed by atoms with Crippen LogP contribution in [0.25, 0.3) is 0 Å². The molecule has 1 aliphatic rings. The fourth-order valence-corrected chi connectivity index (χ4v) is 3.03. The van der Waals surface area contributed by atoms with Crippen LogP contribution in [0.1, 0.15) is 43.2 Å². The van der Waals surface area contributed by atoms with Crippen LogP contribution >= 0.6 is 0 Å². The number of aromatic nitrogens is 2. The van der Waals surface area contributed by atoms with Crippen molar-refractivity contribution in [3.63, 3.8) is 0 Å². The van der Waals surface area contributed by atoms with Crippen molar-refractivity contribution in [2.75, 3.05) is 0 Å². The quantitative estimate of drug-likeness (QED) is 0.834. The Morgan fingerprint density at radius 3 is 2.70 bits per heavy atom. The molecule has 2 aromatic rings. The van der Waals surface area contributed by atoms with Crippen LogP contribution in [-0.2, 0) is 13.0 Å². The number of hydrogen-bond donors (Lipinski definition) is 1. The summed E-state index contributed by atoms with van der Waals surface area (Å²) >= 11 is 0. The Bertz CT molecular complexity index is 818. The SMILES string of the molecule is CCCCCn1c2c(c(=O)[nH]c1=O)C(Cc1ccccc1)C=N2. The summed E-state index contributed by atoms with van der Waals surface area (Å²) in [6.45, 7) is 2.72. The number of hydrogen-bond acceptors (Lipinski definition) is 3. The zero-order chi connectivity index (χ0) is 16.2. The van der Waals surface area contributed by atoms with Crippen LogP contribution < -0.4 is 11.2 Å². The lowest BCUT2D eigenvalue weighted by atomic mass is 9.95. The molecule has 3 rings (SSSR count). The molecule has 1 aliphatic heterocycles. The molecule has 0 spiro atoms. The van der Waals surface area contributed by atoms with E-state index in [0.29, 0.717) is 24.3 Å². The van der Waals surface area contributed by atoms with Gasteiger partial charge in [-0.05, 0) is 18.4 Å². The van der Waals surface area contributed by atoms with E-state index in [1.807, 2.05) is 30.3 Å². The van der Waals surface area contributed by atoms with E-state index in [9.17, 15) is 9.59 Å². The molecule has 5 heteroatoms. The molecule has 0 aliphatic carbocycles. The molecular formula is C18H21N3O2. The van der Waals surface area contributed by atoms with Gasteiger partial charge in [0.25, 0.3) is 5.56 Å². The Kier molecular flexibility index (Phi) is 4.55. The normalized spacial score (nSPS) is 15.8. The van der Waals surface area contributed by atoms with Crippen molar-refractivity contribution >= 4 is 12.0 Å². The topological polar surface area (TPSA) is 67.2 Å². The average molecular weight is 311 g/mol. The molecule has 1 unspecified atom stereocenters. The smallest absolute Gasteiger partial charge is 0.278 e. The summed E-state index contributed by atoms with van der Waals surface area (Å²) in [7, 11) is 0. The van der Waals surface area contributed by atoms with Gasteiger partial charge in [-0.15, -0.1) is 0 Å². The second-order valence-electron chi connectivity index (χ2n) is 5.93. The maximum Gasteiger partial charge on any atom is 0.329 e. The summed E-state index contributed by atoms with van der Waals surface area (Å²) < 4.78 is 1.61. The number of nitrogens with one attached hydrogen (secondary N) is 1. The van der Waals surface area contributed by atoms with Crippen LogP contribution in [0.3, 0.4) is 0 Å². The number of rotatable bonds is 6. The molecule has 0 saturated heterocycles. The highest BCUT2D eigenvalue weighted by Gasteiger charge is 2.26. The molecule has 0 saturated carbocycles. The molecule has 1 N–H and O–H groups in total. The number of aliphatic imine (C=N–C) groups is 1. The maximum absolute atomic E-state index is 12.3. The Morgan fingerprint density at radius 2 is 1.96 bits per heavy atom. The summed E-state index contributed by atoms with van der Waals surface area (Å²) in [4.78, 5) is 31.2. The van der Waals surface area contributed by atoms with Crippen molar-refractivity contribution in [2.45, 2.75) is 45.1 Å². The Hall–Kier alpha value is -2.43. The van der Waals surface area contributed by atoms with Gasteiger partial charge in [0.15, 0.2) is 0 Å². The second kappa shape index (κ2) is 6.77. The second-order valence-corrected chi connectivity index (χ2v) is 5.93. The Balaban J connectivity index is 1.93. The number of benzene rings is 1. The van der Waals surface area contributed by atoms with E-state index in [1.54, 1.807) is 10.8 Å². The standard InChI is InChI=1S/C18H21N3O2/c1-2-3-7-10-21-16-15(17(22)20-18(21)23)14(12-19-16)11-13-8-5-4-6-9-13/h4-6,8-9,12,14H,2-3,7,10-11H2,1H3,(H,20,22,23). The van der Waals surface area contributed by atoms with Crippen LogP contribution in [0.2, 0.25) is 0 Å². The maximum atomic E-state index is 12.3. The van der Waals surface area contributed by atoms with Crippen LogP contribution in [0.4, 0.5) is 5.82 Å². The zero-order valence-electron chi connectivity index (χ0n) is 13.3. The van der Waals surface area contributed by atoms with Gasteiger partial charge in [-0.25, -0.2) is 9.79 Å². The molecule has 2 heterocycles. The first-order chi connectivity index (χ1) is 11.2. The fraction of sp³-hybridized carbons (Fsp3) is 0.389. The Morgan fingerprint density at radius 1 is 1.17 bits per heavy atom. The number of unbranched alkanes of at least 4 members (excludes halogenated alkanes) is 2. The van der Waals surface area contributed by atoms with Crippen molar-refractivity contribution < 1.29 is 0 Å². The van der Waals surface area contributed by atoms with Crippen LogP contribution in [-0.4, -0.2) is 15.8 Å². The van der Waals surface area contributed by atoms with Gasteiger partial charge in [-0.3, -0.25) is 14.3 Å². The summed E-state index contributed by atoms with van der Waals surface area (Å²) in [5.74, 6) is 0.463. The van der Waals surface area contributed by atoms with Gasteiger partial charge in [-0.1, -0.05) is 50.1 Å². The van der Waals surface area contributed by atoms with Gasteiger partial charge in [-0.2, -0.15) is 0 Å². The first-order valence-corrected chi connectivity index (χ1v) is 8.16. The van der Waals surface area contributed by atoms with Crippen molar-refractivity contribution in [2.24, 2.45) is 4.99 Å². The molecular weight excluding hydrogens is 290 g/mol. The lowest BCUT2D eigenvalue weighted by Gasteiger charge is -2.12. The van der Waals surface area contributed by atoms with Crippen molar-refractivity contribution in [1.82, 2.24) is 9.55 Å². The number of fused-ring (bicyclic) bond motifs is 1. The first kappa shape index (κ1) is 15.5. The highest BCUT2D eigenvalue weighted by atomic mass is 16.2. The number of nitrogens with zero attached hydrogens (tertiary/aromatic N) is 2. The average Bonchev–Trinajstić information content (AvgIpc) is 2.95. The highest BCUT2D eigenvalue weighted by molar-refractivity contribution is 5.79. The third kappa shape index (κ3) is 3.18. The minimum Gasteiger partial charge on any atom is -0.278 e. The van der Waals surface area contributed by atoms with Crippen LogP contribution in [0.5, 0.6) is 0 Å². The van der Waals surface area contributed by atoms with Crippen LogP contribution in [0, 0.1) is 0 Å². The predicted molar refractivity (Wildman–Crippen MR) is 91.9 cm³/mol. The molecule has 120 valence electrons. The first-order valence-electron chi connectivity index (χ1n) is 8.16. The largest absolute Gasteiger partial charge is 0.329 e. The number of aromatic amines is 1. The molecule has 0 radical (unpaired) electrons. The van der Waals surface area contributed by atoms with E-state index in [1.165, 1.54) is 0 Å². The molecule has 1 aromatic heterocycles. The lowest BCUT2D eigenvalue weighted by molar-refractivity contribution is 0.576. The van der Waals surface area contributed by atoms with Gasteiger partial charge >= 0.3 is 5.69 Å². The summed E-state index contributed by atoms with van der Waals surface area (Å²) in [6.07, 6.45) is 5.56. The van der Waals surface area contributed by atoms with Crippen molar-refractivity contribution in [3.05, 3.63) is 62.3 Å². The van der Waals surface area contributed by atoms with Gasteiger partial charge in [0.1, 0.15) is 5.82 Å². The molecule has 23 heavy (non-hydrogen) atoms. The van der Waals surface area contributed by atoms with E-state index in [-0.39, 0.29) is 17.2 Å². The molecule has 0 fully saturated rings. The molecule has 1 aromatic carbocycles.